The highest BCUT2D eigenvalue weighted by Gasteiger charge is 2.49. The second-order valence-electron chi connectivity index (χ2n) is 7.40. The van der Waals surface area contributed by atoms with Crippen LogP contribution < -0.4 is 0 Å². The predicted molar refractivity (Wildman–Crippen MR) is 98.8 cm³/mol. The van der Waals surface area contributed by atoms with Crippen molar-refractivity contribution in [2.75, 3.05) is 33.0 Å². The molecule has 13 heteroatoms. The van der Waals surface area contributed by atoms with Gasteiger partial charge in [-0.15, -0.1) is 0 Å². The minimum atomic E-state index is -1.56. The van der Waals surface area contributed by atoms with Gasteiger partial charge in [-0.25, -0.2) is 4.79 Å². The van der Waals surface area contributed by atoms with Crippen molar-refractivity contribution in [3.05, 3.63) is 0 Å². The van der Waals surface area contributed by atoms with E-state index in [4.69, 9.17) is 33.5 Å². The Balaban J connectivity index is 1.75. The molecule has 2 rings (SSSR count). The number of hydrogen-bond donors (Lipinski definition) is 6. The molecule has 0 unspecified atom stereocenters. The molecule has 2 saturated heterocycles. The number of rotatable bonds is 11. The molecule has 13 nitrogen and oxygen atoms in total. The van der Waals surface area contributed by atoms with Crippen LogP contribution in [-0.2, 0) is 33.2 Å². The van der Waals surface area contributed by atoms with Crippen molar-refractivity contribution in [1.29, 1.82) is 0 Å². The summed E-state index contributed by atoms with van der Waals surface area (Å²) in [6.45, 7) is 3.04. The Morgan fingerprint density at radius 1 is 0.742 bits per heavy atom. The third-order valence-electron chi connectivity index (χ3n) is 4.98. The van der Waals surface area contributed by atoms with Crippen molar-refractivity contribution in [2.24, 2.45) is 0 Å². The van der Waals surface area contributed by atoms with Gasteiger partial charge in [-0.1, -0.05) is 0 Å². The van der Waals surface area contributed by atoms with E-state index in [1.165, 1.54) is 6.92 Å². The number of ether oxygens (including phenoxy) is 6. The molecule has 2 heterocycles. The maximum absolute atomic E-state index is 10.4. The molecule has 6 N–H and O–H groups in total. The maximum atomic E-state index is 10.4. The summed E-state index contributed by atoms with van der Waals surface area (Å²) in [4.78, 5) is 10.3. The van der Waals surface area contributed by atoms with Crippen LogP contribution in [0, 0.1) is 0 Å². The topological polar surface area (TPSA) is 194 Å². The molecule has 0 saturated carbocycles. The van der Waals surface area contributed by atoms with Crippen molar-refractivity contribution in [3.8, 4) is 0 Å². The zero-order chi connectivity index (χ0) is 23.1. The Hall–Kier alpha value is -0.970. The summed E-state index contributed by atoms with van der Waals surface area (Å²) in [7, 11) is 0. The second kappa shape index (κ2) is 12.3. The molecular weight excluding hydrogens is 424 g/mol. The minimum absolute atomic E-state index is 0.0255. The number of carboxylic acids is 1. The van der Waals surface area contributed by atoms with Crippen molar-refractivity contribution in [3.63, 3.8) is 0 Å². The average Bonchev–Trinajstić information content (AvgIpc) is 2.72. The molecule has 0 aliphatic carbocycles. The standard InChI is InChI=1S/C18H32O13/c1-8-11(21)12(22)14(24)18(29-8)31-16-9(2)30-17(15(25)13(16)23)28-6-5-26-3-4-27-7-10(19)20/h8-9,11-18,21-25H,3-7H2,1-2H3,(H,19,20)/t8-,9-,11-,12+,13-,14+,15+,16-,17+,18-/m0/s1. The van der Waals surface area contributed by atoms with E-state index < -0.39 is 74.0 Å². The average molecular weight is 456 g/mol. The SMILES string of the molecule is C[C@@H]1O[C@@H](O[C@@H]2[C@@H](O)[C@@H](O)[C@H](OCCOCCOCC(=O)O)O[C@H]2C)[C@H](O)[C@H](O)[C@H]1O. The van der Waals surface area contributed by atoms with E-state index in [1.54, 1.807) is 6.92 Å². The molecule has 0 aromatic carbocycles. The van der Waals surface area contributed by atoms with Gasteiger partial charge < -0.3 is 59.1 Å². The van der Waals surface area contributed by atoms with Crippen LogP contribution in [0.1, 0.15) is 13.8 Å². The monoisotopic (exact) mass is 456 g/mol. The maximum Gasteiger partial charge on any atom is 0.329 e. The molecule has 10 atom stereocenters. The molecule has 0 aromatic heterocycles. The molecule has 182 valence electrons. The van der Waals surface area contributed by atoms with E-state index in [0.717, 1.165) is 0 Å². The first-order valence-electron chi connectivity index (χ1n) is 9.99. The lowest BCUT2D eigenvalue weighted by Crippen LogP contribution is -2.63. The molecule has 0 bridgehead atoms. The van der Waals surface area contributed by atoms with Crippen LogP contribution in [0.15, 0.2) is 0 Å². The highest BCUT2D eigenvalue weighted by molar-refractivity contribution is 5.67. The number of aliphatic carboxylic acids is 1. The lowest BCUT2D eigenvalue weighted by molar-refractivity contribution is -0.352. The van der Waals surface area contributed by atoms with Gasteiger partial charge in [0.2, 0.25) is 0 Å². The van der Waals surface area contributed by atoms with E-state index in [1.807, 2.05) is 0 Å². The molecule has 0 amide bonds. The Bertz CT molecular complexity index is 549. The predicted octanol–water partition coefficient (Wildman–Crippen LogP) is -3.20. The fourth-order valence-electron chi connectivity index (χ4n) is 3.21. The van der Waals surface area contributed by atoms with E-state index in [0.29, 0.717) is 0 Å². The van der Waals surface area contributed by atoms with E-state index >= 15 is 0 Å². The van der Waals surface area contributed by atoms with Gasteiger partial charge in [0.1, 0.15) is 43.2 Å². The Kier molecular flexibility index (Phi) is 10.4. The van der Waals surface area contributed by atoms with Crippen molar-refractivity contribution in [1.82, 2.24) is 0 Å². The zero-order valence-electron chi connectivity index (χ0n) is 17.4. The summed E-state index contributed by atoms with van der Waals surface area (Å²) in [5.74, 6) is -1.07. The van der Waals surface area contributed by atoms with Crippen LogP contribution in [0.4, 0.5) is 0 Å². The quantitative estimate of drug-likeness (QED) is 0.170. The molecule has 2 aliphatic heterocycles. The first kappa shape index (κ1) is 26.3. The van der Waals surface area contributed by atoms with Gasteiger partial charge in [0.05, 0.1) is 38.6 Å². The van der Waals surface area contributed by atoms with Gasteiger partial charge in [-0.05, 0) is 13.8 Å². The molecule has 31 heavy (non-hydrogen) atoms. The van der Waals surface area contributed by atoms with Gasteiger partial charge in [0.15, 0.2) is 12.6 Å². The molecule has 0 spiro atoms. The van der Waals surface area contributed by atoms with Crippen LogP contribution in [0.3, 0.4) is 0 Å². The van der Waals surface area contributed by atoms with Crippen LogP contribution in [0.5, 0.6) is 0 Å². The fourth-order valence-corrected chi connectivity index (χ4v) is 3.21. The normalized spacial score (nSPS) is 41.3. The molecular formula is C18H32O13. The lowest BCUT2D eigenvalue weighted by atomic mass is 9.97. The Labute approximate surface area is 179 Å². The fraction of sp³-hybridized carbons (Fsp3) is 0.944. The van der Waals surface area contributed by atoms with Crippen molar-refractivity contribution < 1.29 is 63.9 Å². The third kappa shape index (κ3) is 7.27. The van der Waals surface area contributed by atoms with E-state index in [-0.39, 0.29) is 26.4 Å². The van der Waals surface area contributed by atoms with Crippen LogP contribution >= 0.6 is 0 Å². The van der Waals surface area contributed by atoms with Gasteiger partial charge in [-0.2, -0.15) is 0 Å². The minimum Gasteiger partial charge on any atom is -0.480 e. The number of aliphatic hydroxyl groups is 5. The smallest absolute Gasteiger partial charge is 0.329 e. The zero-order valence-corrected chi connectivity index (χ0v) is 17.4. The van der Waals surface area contributed by atoms with Crippen molar-refractivity contribution >= 4 is 5.97 Å². The van der Waals surface area contributed by atoms with Crippen LogP contribution in [0.25, 0.3) is 0 Å². The number of carboxylic acid groups (broad SMARTS) is 1. The molecule has 0 aromatic rings. The van der Waals surface area contributed by atoms with Crippen LogP contribution in [0.2, 0.25) is 0 Å². The van der Waals surface area contributed by atoms with E-state index in [9.17, 15) is 30.3 Å². The summed E-state index contributed by atoms with van der Waals surface area (Å²) < 4.78 is 31.9. The van der Waals surface area contributed by atoms with Crippen molar-refractivity contribution in [2.45, 2.75) is 75.3 Å². The first-order valence-corrected chi connectivity index (χ1v) is 9.99. The molecule has 0 radical (unpaired) electrons. The highest BCUT2D eigenvalue weighted by atomic mass is 16.7. The van der Waals surface area contributed by atoms with Gasteiger partial charge in [0.25, 0.3) is 0 Å². The van der Waals surface area contributed by atoms with Gasteiger partial charge >= 0.3 is 5.97 Å². The highest BCUT2D eigenvalue weighted by Crippen LogP contribution is 2.29. The summed E-state index contributed by atoms with van der Waals surface area (Å²) in [6, 6.07) is 0. The molecule has 2 aliphatic rings. The summed E-state index contributed by atoms with van der Waals surface area (Å²) in [6.07, 6.45) is -12.5. The molecule has 2 fully saturated rings. The first-order chi connectivity index (χ1) is 14.6. The van der Waals surface area contributed by atoms with Gasteiger partial charge in [0, 0.05) is 0 Å². The number of hydrogen-bond acceptors (Lipinski definition) is 12. The third-order valence-corrected chi connectivity index (χ3v) is 4.98. The summed E-state index contributed by atoms with van der Waals surface area (Å²) in [5.41, 5.74) is 0. The van der Waals surface area contributed by atoms with Crippen LogP contribution in [-0.4, -0.2) is 131 Å². The largest absolute Gasteiger partial charge is 0.480 e. The second-order valence-corrected chi connectivity index (χ2v) is 7.40. The summed E-state index contributed by atoms with van der Waals surface area (Å²) in [5, 5.41) is 58.9. The van der Waals surface area contributed by atoms with E-state index in [2.05, 4.69) is 0 Å². The lowest BCUT2D eigenvalue weighted by Gasteiger charge is -2.45. The van der Waals surface area contributed by atoms with Gasteiger partial charge in [-0.3, -0.25) is 0 Å². The Morgan fingerprint density at radius 3 is 2.00 bits per heavy atom. The number of carbonyl (C=O) groups is 1. The Morgan fingerprint density at radius 2 is 1.32 bits per heavy atom. The number of aliphatic hydroxyl groups excluding tert-OH is 5. The summed E-state index contributed by atoms with van der Waals surface area (Å²) >= 11 is 0.